The standard InChI is InChI=1S/C64H121NO5/c1-3-5-7-9-11-13-15-17-19-21-23-25-27-29-31-32-34-35-37-39-41-43-45-47-49-51-53-55-57-61(67)63(69)60(59-66)65-64(70)62(68)58-56-54-52-50-48-46-44-42-40-38-36-33-30-28-26-24-22-20-18-16-14-12-10-8-6-4-2/h24,26,30,33,41,43,49,51,60-63,66-69H,3-23,25,27-29,31-32,34-40,42,44-48,50,52-59H2,1-2H3,(H,65,70)/b26-24-,33-30-,43-41+,51-49+. The molecule has 0 aliphatic rings. The quantitative estimate of drug-likeness (QED) is 0.0308. The molecule has 4 atom stereocenters. The zero-order valence-electron chi connectivity index (χ0n) is 46.8. The van der Waals surface area contributed by atoms with Crippen molar-refractivity contribution < 1.29 is 25.2 Å². The Hall–Kier alpha value is -1.73. The van der Waals surface area contributed by atoms with E-state index in [4.69, 9.17) is 0 Å². The van der Waals surface area contributed by atoms with Crippen LogP contribution in [0.25, 0.3) is 0 Å². The number of allylic oxidation sites excluding steroid dienone is 8. The maximum Gasteiger partial charge on any atom is 0.249 e. The van der Waals surface area contributed by atoms with Crippen LogP contribution in [-0.2, 0) is 4.79 Å². The smallest absolute Gasteiger partial charge is 0.249 e. The number of aliphatic hydroxyl groups excluding tert-OH is 4. The number of hydrogen-bond donors (Lipinski definition) is 5. The fraction of sp³-hybridized carbons (Fsp3) is 0.859. The third-order valence-corrected chi connectivity index (χ3v) is 14.5. The number of carbonyl (C=O) groups excluding carboxylic acids is 1. The van der Waals surface area contributed by atoms with Gasteiger partial charge in [0.15, 0.2) is 0 Å². The molecule has 0 aliphatic carbocycles. The monoisotopic (exact) mass is 984 g/mol. The Morgan fingerprint density at radius 2 is 0.643 bits per heavy atom. The molecular formula is C64H121NO5. The highest BCUT2D eigenvalue weighted by molar-refractivity contribution is 5.80. The molecule has 0 saturated carbocycles. The molecule has 0 fully saturated rings. The summed E-state index contributed by atoms with van der Waals surface area (Å²) >= 11 is 0. The van der Waals surface area contributed by atoms with E-state index in [-0.39, 0.29) is 0 Å². The maximum atomic E-state index is 12.6. The Kier molecular flexibility index (Phi) is 56.7. The number of unbranched alkanes of at least 4 members (excludes halogenated alkanes) is 40. The van der Waals surface area contributed by atoms with Crippen molar-refractivity contribution in [2.75, 3.05) is 6.61 Å². The van der Waals surface area contributed by atoms with Crippen LogP contribution in [0, 0.1) is 0 Å². The molecule has 0 aromatic carbocycles. The molecule has 0 heterocycles. The minimum Gasteiger partial charge on any atom is -0.394 e. The van der Waals surface area contributed by atoms with E-state index in [9.17, 15) is 25.2 Å². The lowest BCUT2D eigenvalue weighted by Crippen LogP contribution is -2.53. The highest BCUT2D eigenvalue weighted by Crippen LogP contribution is 2.17. The van der Waals surface area contributed by atoms with Crippen LogP contribution in [0.4, 0.5) is 0 Å². The molecule has 6 nitrogen and oxygen atoms in total. The average Bonchev–Trinajstić information content (AvgIpc) is 3.36. The first-order chi connectivity index (χ1) is 34.5. The second-order valence-electron chi connectivity index (χ2n) is 21.4. The first kappa shape index (κ1) is 68.3. The van der Waals surface area contributed by atoms with E-state index >= 15 is 0 Å². The predicted octanol–water partition coefficient (Wildman–Crippen LogP) is 18.5. The van der Waals surface area contributed by atoms with Gasteiger partial charge < -0.3 is 25.7 Å². The molecule has 0 aliphatic heterocycles. The largest absolute Gasteiger partial charge is 0.394 e. The molecule has 0 radical (unpaired) electrons. The topological polar surface area (TPSA) is 110 Å². The molecule has 0 saturated heterocycles. The Labute approximate surface area is 436 Å². The zero-order chi connectivity index (χ0) is 50.9. The first-order valence-electron chi connectivity index (χ1n) is 31.0. The summed E-state index contributed by atoms with van der Waals surface area (Å²) in [6.45, 7) is 4.07. The minimum atomic E-state index is -1.29. The van der Waals surface area contributed by atoms with Gasteiger partial charge in [-0.1, -0.05) is 287 Å². The molecule has 6 heteroatoms. The second-order valence-corrected chi connectivity index (χ2v) is 21.4. The van der Waals surface area contributed by atoms with E-state index in [1.54, 1.807) is 0 Å². The van der Waals surface area contributed by atoms with Crippen LogP contribution in [0.1, 0.15) is 322 Å². The van der Waals surface area contributed by atoms with Crippen molar-refractivity contribution in [2.24, 2.45) is 0 Å². The van der Waals surface area contributed by atoms with Crippen molar-refractivity contribution in [1.82, 2.24) is 5.32 Å². The van der Waals surface area contributed by atoms with Gasteiger partial charge >= 0.3 is 0 Å². The van der Waals surface area contributed by atoms with Gasteiger partial charge in [-0.25, -0.2) is 0 Å². The number of hydrogen-bond acceptors (Lipinski definition) is 5. The highest BCUT2D eigenvalue weighted by atomic mass is 16.3. The SMILES string of the molecule is CCCCCCCCCCC/C=C\C/C=C\CCCCCCCCCCCCC(O)C(=O)NC(CO)C(O)C(O)CCC/C=C/CC/C=C/CCCCCCCCCCCCCCCCCCCCC. The lowest BCUT2D eigenvalue weighted by molar-refractivity contribution is -0.132. The van der Waals surface area contributed by atoms with Crippen LogP contribution in [0.5, 0.6) is 0 Å². The number of nitrogens with one attached hydrogen (secondary N) is 1. The fourth-order valence-corrected chi connectivity index (χ4v) is 9.63. The summed E-state index contributed by atoms with van der Waals surface area (Å²) in [5.74, 6) is -0.597. The minimum absolute atomic E-state index is 0.356. The third kappa shape index (κ3) is 51.2. The Morgan fingerprint density at radius 3 is 0.986 bits per heavy atom. The van der Waals surface area contributed by atoms with Gasteiger partial charge in [0.25, 0.3) is 0 Å². The van der Waals surface area contributed by atoms with Gasteiger partial charge in [-0.2, -0.15) is 0 Å². The number of amides is 1. The van der Waals surface area contributed by atoms with E-state index < -0.39 is 36.9 Å². The molecule has 5 N–H and O–H groups in total. The summed E-state index contributed by atoms with van der Waals surface area (Å²) in [6.07, 6.45) is 74.9. The van der Waals surface area contributed by atoms with Crippen molar-refractivity contribution in [1.29, 1.82) is 0 Å². The lowest BCUT2D eigenvalue weighted by atomic mass is 10.00. The van der Waals surface area contributed by atoms with Gasteiger partial charge in [0.05, 0.1) is 18.8 Å². The van der Waals surface area contributed by atoms with Gasteiger partial charge in [-0.15, -0.1) is 0 Å². The number of aliphatic hydroxyl groups is 4. The number of carbonyl (C=O) groups is 1. The molecule has 70 heavy (non-hydrogen) atoms. The van der Waals surface area contributed by atoms with Gasteiger partial charge in [-0.3, -0.25) is 4.79 Å². The predicted molar refractivity (Wildman–Crippen MR) is 307 cm³/mol. The van der Waals surface area contributed by atoms with E-state index in [1.165, 1.54) is 244 Å². The van der Waals surface area contributed by atoms with E-state index in [0.717, 1.165) is 44.9 Å². The molecule has 0 bridgehead atoms. The molecule has 1 amide bonds. The van der Waals surface area contributed by atoms with Crippen molar-refractivity contribution in [3.63, 3.8) is 0 Å². The Bertz CT molecular complexity index is 1150. The van der Waals surface area contributed by atoms with Crippen LogP contribution in [0.3, 0.4) is 0 Å². The van der Waals surface area contributed by atoms with Crippen LogP contribution in [0.15, 0.2) is 48.6 Å². The molecule has 412 valence electrons. The van der Waals surface area contributed by atoms with E-state index in [1.807, 2.05) is 0 Å². The van der Waals surface area contributed by atoms with Crippen molar-refractivity contribution in [3.8, 4) is 0 Å². The van der Waals surface area contributed by atoms with Gasteiger partial charge in [0.2, 0.25) is 5.91 Å². The Morgan fingerprint density at radius 1 is 0.357 bits per heavy atom. The third-order valence-electron chi connectivity index (χ3n) is 14.5. The molecule has 0 aromatic rings. The van der Waals surface area contributed by atoms with E-state index in [2.05, 4.69) is 67.8 Å². The first-order valence-corrected chi connectivity index (χ1v) is 31.0. The van der Waals surface area contributed by atoms with Crippen molar-refractivity contribution >= 4 is 5.91 Å². The fourth-order valence-electron chi connectivity index (χ4n) is 9.63. The van der Waals surface area contributed by atoms with Crippen molar-refractivity contribution in [2.45, 2.75) is 346 Å². The molecule has 0 rings (SSSR count). The van der Waals surface area contributed by atoms with Crippen molar-refractivity contribution in [3.05, 3.63) is 48.6 Å². The summed E-state index contributed by atoms with van der Waals surface area (Å²) < 4.78 is 0. The molecule has 4 unspecified atom stereocenters. The van der Waals surface area contributed by atoms with Crippen LogP contribution >= 0.6 is 0 Å². The summed E-state index contributed by atoms with van der Waals surface area (Å²) in [5, 5.41) is 44.1. The Balaban J connectivity index is 3.67. The van der Waals surface area contributed by atoms with Gasteiger partial charge in [-0.05, 0) is 83.5 Å². The highest BCUT2D eigenvalue weighted by Gasteiger charge is 2.28. The van der Waals surface area contributed by atoms with Crippen LogP contribution < -0.4 is 5.32 Å². The van der Waals surface area contributed by atoms with Crippen LogP contribution in [-0.4, -0.2) is 57.3 Å². The van der Waals surface area contributed by atoms with Gasteiger partial charge in [0.1, 0.15) is 12.2 Å². The molecule has 0 spiro atoms. The van der Waals surface area contributed by atoms with Gasteiger partial charge in [0, 0.05) is 0 Å². The molecule has 0 aromatic heterocycles. The lowest BCUT2D eigenvalue weighted by Gasteiger charge is -2.27. The maximum absolute atomic E-state index is 12.6. The number of rotatable bonds is 57. The summed E-state index contributed by atoms with van der Waals surface area (Å²) in [5.41, 5.74) is 0. The summed E-state index contributed by atoms with van der Waals surface area (Å²) in [4.78, 5) is 12.6. The zero-order valence-corrected chi connectivity index (χ0v) is 46.8. The average molecular weight is 985 g/mol. The van der Waals surface area contributed by atoms with Crippen LogP contribution in [0.2, 0.25) is 0 Å². The second kappa shape index (κ2) is 58.2. The normalized spacial score (nSPS) is 14.0. The summed E-state index contributed by atoms with van der Waals surface area (Å²) in [6, 6.07) is -1.01. The summed E-state index contributed by atoms with van der Waals surface area (Å²) in [7, 11) is 0. The molecular weight excluding hydrogens is 863 g/mol. The van der Waals surface area contributed by atoms with E-state index in [0.29, 0.717) is 19.3 Å².